The molecule has 0 amide bonds. The van der Waals surface area contributed by atoms with E-state index >= 15 is 0 Å². The molecule has 86 valence electrons. The minimum absolute atomic E-state index is 0.276. The fraction of sp³-hybridized carbons (Fsp3) is 0.462. The largest absolute Gasteiger partial charge is 0.368 e. The van der Waals surface area contributed by atoms with Crippen LogP contribution in [0, 0.1) is 6.92 Å². The van der Waals surface area contributed by atoms with Gasteiger partial charge in [-0.05, 0) is 31.5 Å². The maximum atomic E-state index is 11.3. The molecule has 1 unspecified atom stereocenters. The smallest absolute Gasteiger partial charge is 0.136 e. The first-order chi connectivity index (χ1) is 7.58. The molecule has 1 saturated heterocycles. The number of carbonyl (C=O) groups excluding carboxylic acids is 1. The Hall–Kier alpha value is -1.02. The molecule has 1 fully saturated rings. The molecule has 2 nitrogen and oxygen atoms in total. The second-order valence-corrected chi connectivity index (χ2v) is 4.90. The Kier molecular flexibility index (Phi) is 3.20. The fourth-order valence-corrected chi connectivity index (χ4v) is 2.42. The van der Waals surface area contributed by atoms with Crippen molar-refractivity contribution in [1.29, 1.82) is 0 Å². The van der Waals surface area contributed by atoms with Gasteiger partial charge in [0, 0.05) is 36.1 Å². The van der Waals surface area contributed by atoms with Crippen molar-refractivity contribution in [3.05, 3.63) is 28.8 Å². The molecular weight excluding hydrogens is 222 g/mol. The molecule has 1 aromatic rings. The summed E-state index contributed by atoms with van der Waals surface area (Å²) in [5.41, 5.74) is 2.37. The standard InChI is InChI=1S/C13H16ClNO/c1-9-3-4-11(14)8-13(9)15-6-5-12(16)7-10(15)2/h3-4,8,10H,5-7H2,1-2H3. The van der Waals surface area contributed by atoms with Crippen molar-refractivity contribution in [2.45, 2.75) is 32.7 Å². The lowest BCUT2D eigenvalue weighted by atomic mass is 10.0. The summed E-state index contributed by atoms with van der Waals surface area (Å²) in [5.74, 6) is 0.364. The van der Waals surface area contributed by atoms with E-state index in [-0.39, 0.29) is 6.04 Å². The summed E-state index contributed by atoms with van der Waals surface area (Å²) in [6.07, 6.45) is 1.29. The zero-order valence-electron chi connectivity index (χ0n) is 9.66. The van der Waals surface area contributed by atoms with Gasteiger partial charge in [-0.1, -0.05) is 17.7 Å². The van der Waals surface area contributed by atoms with Crippen molar-refractivity contribution in [3.8, 4) is 0 Å². The third-order valence-corrected chi connectivity index (χ3v) is 3.40. The zero-order valence-corrected chi connectivity index (χ0v) is 10.4. The van der Waals surface area contributed by atoms with Crippen LogP contribution in [0.4, 0.5) is 5.69 Å². The van der Waals surface area contributed by atoms with Gasteiger partial charge in [0.25, 0.3) is 0 Å². The van der Waals surface area contributed by atoms with Gasteiger partial charge >= 0.3 is 0 Å². The first kappa shape index (κ1) is 11.5. The number of anilines is 1. The van der Waals surface area contributed by atoms with E-state index in [1.807, 2.05) is 18.2 Å². The molecule has 0 radical (unpaired) electrons. The van der Waals surface area contributed by atoms with Gasteiger partial charge in [0.15, 0.2) is 0 Å². The predicted octanol–water partition coefficient (Wildman–Crippen LogP) is 3.21. The van der Waals surface area contributed by atoms with Crippen molar-refractivity contribution >= 4 is 23.1 Å². The normalized spacial score (nSPS) is 21.3. The first-order valence-electron chi connectivity index (χ1n) is 5.62. The van der Waals surface area contributed by atoms with E-state index in [1.54, 1.807) is 0 Å². The maximum Gasteiger partial charge on any atom is 0.136 e. The summed E-state index contributed by atoms with van der Waals surface area (Å²) < 4.78 is 0. The van der Waals surface area contributed by atoms with Crippen molar-refractivity contribution < 1.29 is 4.79 Å². The van der Waals surface area contributed by atoms with E-state index in [2.05, 4.69) is 18.7 Å². The Morgan fingerprint density at radius 2 is 2.19 bits per heavy atom. The van der Waals surface area contributed by atoms with Crippen molar-refractivity contribution in [1.82, 2.24) is 0 Å². The molecule has 1 aliphatic heterocycles. The third-order valence-electron chi connectivity index (χ3n) is 3.17. The Balaban J connectivity index is 2.29. The lowest BCUT2D eigenvalue weighted by Gasteiger charge is -2.35. The van der Waals surface area contributed by atoms with Crippen molar-refractivity contribution in [2.75, 3.05) is 11.4 Å². The molecule has 1 aromatic carbocycles. The van der Waals surface area contributed by atoms with Crippen LogP contribution in [0.2, 0.25) is 5.02 Å². The minimum atomic E-state index is 0.276. The number of Topliss-reactive ketones (excluding diaryl/α,β-unsaturated/α-hetero) is 1. The Bertz CT molecular complexity index is 416. The predicted molar refractivity (Wildman–Crippen MR) is 67.2 cm³/mol. The van der Waals surface area contributed by atoms with Crippen LogP contribution in [0.15, 0.2) is 18.2 Å². The number of piperidine rings is 1. The van der Waals surface area contributed by atoms with Crippen LogP contribution in [0.3, 0.4) is 0 Å². The molecule has 1 atom stereocenters. The number of rotatable bonds is 1. The molecular formula is C13H16ClNO. The summed E-state index contributed by atoms with van der Waals surface area (Å²) in [6.45, 7) is 4.98. The van der Waals surface area contributed by atoms with Gasteiger partial charge in [-0.2, -0.15) is 0 Å². The average Bonchev–Trinajstić information content (AvgIpc) is 2.22. The molecule has 2 rings (SSSR count). The van der Waals surface area contributed by atoms with Gasteiger partial charge in [0.1, 0.15) is 5.78 Å². The van der Waals surface area contributed by atoms with Crippen LogP contribution >= 0.6 is 11.6 Å². The molecule has 1 aliphatic rings. The highest BCUT2D eigenvalue weighted by Gasteiger charge is 2.24. The average molecular weight is 238 g/mol. The van der Waals surface area contributed by atoms with Crippen molar-refractivity contribution in [3.63, 3.8) is 0 Å². The van der Waals surface area contributed by atoms with Crippen LogP contribution < -0.4 is 4.90 Å². The van der Waals surface area contributed by atoms with E-state index < -0.39 is 0 Å². The van der Waals surface area contributed by atoms with Crippen molar-refractivity contribution in [2.24, 2.45) is 0 Å². The molecule has 0 aliphatic carbocycles. The lowest BCUT2D eigenvalue weighted by Crippen LogP contribution is -2.41. The van der Waals surface area contributed by atoms with Gasteiger partial charge in [-0.25, -0.2) is 0 Å². The summed E-state index contributed by atoms with van der Waals surface area (Å²) in [5, 5.41) is 0.754. The monoisotopic (exact) mass is 237 g/mol. The fourth-order valence-electron chi connectivity index (χ4n) is 2.26. The Morgan fingerprint density at radius 1 is 1.44 bits per heavy atom. The third kappa shape index (κ3) is 2.22. The van der Waals surface area contributed by atoms with Gasteiger partial charge in [0.2, 0.25) is 0 Å². The molecule has 0 spiro atoms. The lowest BCUT2D eigenvalue weighted by molar-refractivity contribution is -0.120. The molecule has 3 heteroatoms. The number of ketones is 1. The van der Waals surface area contributed by atoms with E-state index in [0.29, 0.717) is 18.6 Å². The number of halogens is 1. The number of aryl methyl sites for hydroxylation is 1. The molecule has 0 N–H and O–H groups in total. The number of hydrogen-bond donors (Lipinski definition) is 0. The molecule has 0 saturated carbocycles. The second kappa shape index (κ2) is 4.46. The molecule has 16 heavy (non-hydrogen) atoms. The van der Waals surface area contributed by atoms with Gasteiger partial charge < -0.3 is 4.90 Å². The minimum Gasteiger partial charge on any atom is -0.368 e. The molecule has 0 bridgehead atoms. The topological polar surface area (TPSA) is 20.3 Å². The highest BCUT2D eigenvalue weighted by molar-refractivity contribution is 6.30. The van der Waals surface area contributed by atoms with E-state index in [9.17, 15) is 4.79 Å². The van der Waals surface area contributed by atoms with E-state index in [0.717, 1.165) is 17.3 Å². The summed E-state index contributed by atoms with van der Waals surface area (Å²) in [7, 11) is 0. The van der Waals surface area contributed by atoms with Crippen LogP contribution in [0.25, 0.3) is 0 Å². The van der Waals surface area contributed by atoms with Crippen LogP contribution in [-0.4, -0.2) is 18.4 Å². The van der Waals surface area contributed by atoms with E-state index in [1.165, 1.54) is 5.56 Å². The number of nitrogens with zero attached hydrogens (tertiary/aromatic N) is 1. The summed E-state index contributed by atoms with van der Waals surface area (Å²) in [6, 6.07) is 6.20. The van der Waals surface area contributed by atoms with E-state index in [4.69, 9.17) is 11.6 Å². The van der Waals surface area contributed by atoms with Gasteiger partial charge in [-0.15, -0.1) is 0 Å². The maximum absolute atomic E-state index is 11.3. The second-order valence-electron chi connectivity index (χ2n) is 4.47. The zero-order chi connectivity index (χ0) is 11.7. The van der Waals surface area contributed by atoms with Gasteiger partial charge in [0.05, 0.1) is 0 Å². The SMILES string of the molecule is Cc1ccc(Cl)cc1N1CCC(=O)CC1C. The van der Waals surface area contributed by atoms with Crippen LogP contribution in [0.1, 0.15) is 25.3 Å². The Morgan fingerprint density at radius 3 is 2.88 bits per heavy atom. The first-order valence-corrected chi connectivity index (χ1v) is 6.00. The quantitative estimate of drug-likeness (QED) is 0.748. The van der Waals surface area contributed by atoms with Crippen LogP contribution in [0.5, 0.6) is 0 Å². The summed E-state index contributed by atoms with van der Waals surface area (Å²) >= 11 is 6.02. The molecule has 1 heterocycles. The summed E-state index contributed by atoms with van der Waals surface area (Å²) in [4.78, 5) is 13.6. The number of hydrogen-bond acceptors (Lipinski definition) is 2. The Labute approximate surface area is 101 Å². The van der Waals surface area contributed by atoms with Gasteiger partial charge in [-0.3, -0.25) is 4.79 Å². The highest BCUT2D eigenvalue weighted by Crippen LogP contribution is 2.28. The highest BCUT2D eigenvalue weighted by atomic mass is 35.5. The number of benzene rings is 1. The van der Waals surface area contributed by atoms with Crippen LogP contribution in [-0.2, 0) is 4.79 Å². The molecule has 0 aromatic heterocycles. The number of carbonyl (C=O) groups is 1.